The van der Waals surface area contributed by atoms with Crippen molar-refractivity contribution in [1.29, 1.82) is 0 Å². The Kier molecular flexibility index (Phi) is 5.90. The molecule has 1 aromatic heterocycles. The van der Waals surface area contributed by atoms with E-state index in [0.29, 0.717) is 38.6 Å². The number of amides is 2. The monoisotopic (exact) mass is 384 g/mol. The van der Waals surface area contributed by atoms with Crippen molar-refractivity contribution >= 4 is 22.7 Å². The van der Waals surface area contributed by atoms with Crippen LogP contribution in [0.5, 0.6) is 0 Å². The smallest absolute Gasteiger partial charge is 0.244 e. The maximum Gasteiger partial charge on any atom is 0.244 e. The van der Waals surface area contributed by atoms with Crippen molar-refractivity contribution in [2.75, 3.05) is 39.4 Å². The number of hydrogen-bond acceptors (Lipinski definition) is 4. The van der Waals surface area contributed by atoms with Gasteiger partial charge < -0.3 is 14.5 Å². The highest BCUT2D eigenvalue weighted by Gasteiger charge is 2.25. The van der Waals surface area contributed by atoms with Crippen LogP contribution in [0.25, 0.3) is 10.9 Å². The van der Waals surface area contributed by atoms with Crippen molar-refractivity contribution in [2.45, 2.75) is 32.2 Å². The van der Waals surface area contributed by atoms with Crippen LogP contribution in [0, 0.1) is 5.92 Å². The quantitative estimate of drug-likeness (QED) is 0.790. The average molecular weight is 384 g/mol. The predicted octanol–water partition coefficient (Wildman–Crippen LogP) is 1.91. The van der Waals surface area contributed by atoms with Crippen molar-refractivity contribution in [3.05, 3.63) is 30.5 Å². The molecule has 7 heteroatoms. The minimum atomic E-state index is 0.109. The van der Waals surface area contributed by atoms with Gasteiger partial charge in [-0.15, -0.1) is 0 Å². The Bertz CT molecular complexity index is 828. The molecule has 0 N–H and O–H groups in total. The van der Waals surface area contributed by atoms with Gasteiger partial charge in [-0.25, -0.2) is 0 Å². The summed E-state index contributed by atoms with van der Waals surface area (Å²) in [4.78, 5) is 29.0. The maximum atomic E-state index is 12.8. The maximum absolute atomic E-state index is 12.8. The van der Waals surface area contributed by atoms with Gasteiger partial charge >= 0.3 is 0 Å². The second-order valence-electron chi connectivity index (χ2n) is 7.74. The van der Waals surface area contributed by atoms with E-state index < -0.39 is 0 Å². The Labute approximate surface area is 165 Å². The normalized spacial score (nSPS) is 20.5. The van der Waals surface area contributed by atoms with E-state index in [-0.39, 0.29) is 18.4 Å². The molecule has 2 fully saturated rings. The zero-order chi connectivity index (χ0) is 19.3. The van der Waals surface area contributed by atoms with E-state index in [9.17, 15) is 9.59 Å². The first-order chi connectivity index (χ1) is 13.7. The predicted molar refractivity (Wildman–Crippen MR) is 106 cm³/mol. The number of fused-ring (bicyclic) bond motifs is 1. The second kappa shape index (κ2) is 8.73. The number of carbonyl (C=O) groups excluding carboxylic acids is 2. The summed E-state index contributed by atoms with van der Waals surface area (Å²) in [5, 5.41) is 5.42. The summed E-state index contributed by atoms with van der Waals surface area (Å²) in [6, 6.07) is 7.94. The summed E-state index contributed by atoms with van der Waals surface area (Å²) in [6.07, 6.45) is 5.31. The molecule has 1 aromatic carbocycles. The Balaban J connectivity index is 1.29. The molecule has 2 aliphatic heterocycles. The van der Waals surface area contributed by atoms with Crippen molar-refractivity contribution in [3.8, 4) is 0 Å². The summed E-state index contributed by atoms with van der Waals surface area (Å²) in [5.41, 5.74) is 0.987. The number of piperidine rings is 1. The number of benzene rings is 1. The molecule has 2 saturated heterocycles. The van der Waals surface area contributed by atoms with E-state index in [2.05, 4.69) is 5.10 Å². The largest absolute Gasteiger partial charge is 0.378 e. The van der Waals surface area contributed by atoms with Crippen LogP contribution in [-0.4, -0.2) is 70.8 Å². The van der Waals surface area contributed by atoms with Crippen LogP contribution >= 0.6 is 0 Å². The molecule has 3 heterocycles. The number of ether oxygens (including phenoxy) is 1. The third-order valence-electron chi connectivity index (χ3n) is 5.84. The summed E-state index contributed by atoms with van der Waals surface area (Å²) in [5.74, 6) is 0.727. The molecule has 0 bridgehead atoms. The fraction of sp³-hybridized carbons (Fsp3) is 0.571. The van der Waals surface area contributed by atoms with Gasteiger partial charge in [0.15, 0.2) is 0 Å². The van der Waals surface area contributed by atoms with E-state index >= 15 is 0 Å². The van der Waals surface area contributed by atoms with E-state index in [4.69, 9.17) is 4.74 Å². The molecule has 0 saturated carbocycles. The van der Waals surface area contributed by atoms with Gasteiger partial charge in [-0.3, -0.25) is 14.3 Å². The lowest BCUT2D eigenvalue weighted by Crippen LogP contribution is -2.43. The number of aromatic nitrogens is 2. The van der Waals surface area contributed by atoms with Crippen LogP contribution in [0.3, 0.4) is 0 Å². The molecule has 2 aliphatic rings. The molecule has 2 amide bonds. The molecular formula is C21H28N4O3. The van der Waals surface area contributed by atoms with Gasteiger partial charge in [0, 0.05) is 38.0 Å². The van der Waals surface area contributed by atoms with Gasteiger partial charge in [0.2, 0.25) is 11.8 Å². The fourth-order valence-corrected chi connectivity index (χ4v) is 4.21. The molecule has 1 atom stereocenters. The number of rotatable bonds is 5. The van der Waals surface area contributed by atoms with Gasteiger partial charge in [-0.1, -0.05) is 18.2 Å². The number of nitrogens with zero attached hydrogens (tertiary/aromatic N) is 4. The van der Waals surface area contributed by atoms with Gasteiger partial charge in [0.05, 0.1) is 24.9 Å². The third kappa shape index (κ3) is 4.35. The van der Waals surface area contributed by atoms with Crippen LogP contribution < -0.4 is 0 Å². The summed E-state index contributed by atoms with van der Waals surface area (Å²) < 4.78 is 7.09. The van der Waals surface area contributed by atoms with Crippen molar-refractivity contribution in [3.63, 3.8) is 0 Å². The highest BCUT2D eigenvalue weighted by atomic mass is 16.5. The lowest BCUT2D eigenvalue weighted by molar-refractivity contribution is -0.135. The topological polar surface area (TPSA) is 67.7 Å². The lowest BCUT2D eigenvalue weighted by atomic mass is 9.93. The molecular weight excluding hydrogens is 356 g/mol. The highest BCUT2D eigenvalue weighted by molar-refractivity contribution is 5.82. The Morgan fingerprint density at radius 3 is 2.75 bits per heavy atom. The van der Waals surface area contributed by atoms with Crippen LogP contribution in [0.4, 0.5) is 0 Å². The van der Waals surface area contributed by atoms with Crippen molar-refractivity contribution in [1.82, 2.24) is 19.6 Å². The first-order valence-corrected chi connectivity index (χ1v) is 10.2. The molecule has 4 rings (SSSR count). The fourth-order valence-electron chi connectivity index (χ4n) is 4.21. The van der Waals surface area contributed by atoms with E-state index in [1.54, 1.807) is 10.9 Å². The molecule has 0 aliphatic carbocycles. The zero-order valence-electron chi connectivity index (χ0n) is 16.3. The van der Waals surface area contributed by atoms with Crippen LogP contribution in [0.1, 0.15) is 25.7 Å². The van der Waals surface area contributed by atoms with Gasteiger partial charge in [0.1, 0.15) is 6.54 Å². The molecule has 150 valence electrons. The summed E-state index contributed by atoms with van der Waals surface area (Å²) in [6.45, 7) is 4.49. The van der Waals surface area contributed by atoms with Gasteiger partial charge in [-0.2, -0.15) is 5.10 Å². The van der Waals surface area contributed by atoms with Crippen LogP contribution in [-0.2, 0) is 20.9 Å². The average Bonchev–Trinajstić information content (AvgIpc) is 3.16. The summed E-state index contributed by atoms with van der Waals surface area (Å²) in [7, 11) is 0. The van der Waals surface area contributed by atoms with Gasteiger partial charge in [0.25, 0.3) is 0 Å². The molecule has 7 nitrogen and oxygen atoms in total. The first-order valence-electron chi connectivity index (χ1n) is 10.2. The standard InChI is InChI=1S/C21H28N4O3/c26-20(23-10-12-28-13-11-23)8-7-17-4-3-9-24(15-17)21(27)16-25-19-6-2-1-5-18(19)14-22-25/h1-2,5-6,14,17H,3-4,7-13,15-16H2/t17-/m0/s1. The number of carbonyl (C=O) groups is 2. The van der Waals surface area contributed by atoms with E-state index in [0.717, 1.165) is 43.3 Å². The number of para-hydroxylation sites is 1. The highest BCUT2D eigenvalue weighted by Crippen LogP contribution is 2.22. The lowest BCUT2D eigenvalue weighted by Gasteiger charge is -2.33. The van der Waals surface area contributed by atoms with Crippen LogP contribution in [0.2, 0.25) is 0 Å². The Hall–Kier alpha value is -2.41. The zero-order valence-corrected chi connectivity index (χ0v) is 16.3. The summed E-state index contributed by atoms with van der Waals surface area (Å²) >= 11 is 0. The van der Waals surface area contributed by atoms with Crippen molar-refractivity contribution < 1.29 is 14.3 Å². The number of likely N-dealkylation sites (tertiary alicyclic amines) is 1. The third-order valence-corrected chi connectivity index (χ3v) is 5.84. The first kappa shape index (κ1) is 18.9. The van der Waals surface area contributed by atoms with E-state index in [1.165, 1.54) is 0 Å². The van der Waals surface area contributed by atoms with E-state index in [1.807, 2.05) is 34.1 Å². The molecule has 28 heavy (non-hydrogen) atoms. The minimum absolute atomic E-state index is 0.109. The SMILES string of the molecule is O=C(CC[C@@H]1CCCN(C(=O)Cn2ncc3ccccc32)C1)N1CCOCC1. The number of morpholine rings is 1. The molecule has 0 radical (unpaired) electrons. The van der Waals surface area contributed by atoms with Gasteiger partial charge in [-0.05, 0) is 31.2 Å². The molecule has 0 unspecified atom stereocenters. The second-order valence-corrected chi connectivity index (χ2v) is 7.74. The Morgan fingerprint density at radius 1 is 1.07 bits per heavy atom. The Morgan fingerprint density at radius 2 is 1.89 bits per heavy atom. The minimum Gasteiger partial charge on any atom is -0.378 e. The van der Waals surface area contributed by atoms with Crippen molar-refractivity contribution in [2.24, 2.45) is 5.92 Å². The molecule has 2 aromatic rings. The number of hydrogen-bond donors (Lipinski definition) is 0. The molecule has 0 spiro atoms. The van der Waals surface area contributed by atoms with Crippen LogP contribution in [0.15, 0.2) is 30.5 Å².